The van der Waals surface area contributed by atoms with E-state index in [-0.39, 0.29) is 50.7 Å². The van der Waals surface area contributed by atoms with Gasteiger partial charge in [-0.05, 0) is 90.9 Å². The summed E-state index contributed by atoms with van der Waals surface area (Å²) >= 11 is 0. The number of hydrogen-bond donors (Lipinski definition) is 1. The Morgan fingerprint density at radius 1 is 0.944 bits per heavy atom. The van der Waals surface area contributed by atoms with E-state index in [0.29, 0.717) is 23.8 Å². The molecular weight excluding hydrogens is 444 g/mol. The van der Waals surface area contributed by atoms with Gasteiger partial charge in [0.25, 0.3) is 0 Å². The monoisotopic (exact) mass is 492 g/mol. The highest BCUT2D eigenvalue weighted by Gasteiger charge is 2.72. The molecule has 0 saturated heterocycles. The Balaban J connectivity index is 1.63. The first-order valence-electron chi connectivity index (χ1n) is 14.5. The van der Waals surface area contributed by atoms with Gasteiger partial charge in [0, 0.05) is 23.3 Å². The lowest BCUT2D eigenvalue weighted by Gasteiger charge is -2.72. The molecule has 0 bridgehead atoms. The molecule has 0 heterocycles. The summed E-state index contributed by atoms with van der Waals surface area (Å²) in [5.74, 6) is 1.27. The van der Waals surface area contributed by atoms with Crippen molar-refractivity contribution in [2.24, 2.45) is 50.7 Å². The van der Waals surface area contributed by atoms with Crippen molar-refractivity contribution in [1.82, 2.24) is 5.32 Å². The number of hydrogen-bond acceptors (Lipinski definition) is 3. The van der Waals surface area contributed by atoms with Gasteiger partial charge in [-0.3, -0.25) is 4.79 Å². The first kappa shape index (κ1) is 26.1. The second-order valence-electron chi connectivity index (χ2n) is 15.3. The third kappa shape index (κ3) is 3.14. The van der Waals surface area contributed by atoms with Crippen molar-refractivity contribution in [3.05, 3.63) is 23.2 Å². The molecule has 0 aromatic carbocycles. The van der Waals surface area contributed by atoms with Crippen molar-refractivity contribution in [1.29, 1.82) is 0 Å². The molecule has 1 N–H and O–H groups in total. The number of allylic oxidation sites excluding steroid dienone is 2. The van der Waals surface area contributed by atoms with Crippen LogP contribution in [0, 0.1) is 57.3 Å². The topological polar surface area (TPSA) is 50.5 Å². The van der Waals surface area contributed by atoms with Crippen LogP contribution in [0.15, 0.2) is 11.8 Å². The zero-order valence-corrected chi connectivity index (χ0v) is 24.0. The minimum absolute atomic E-state index is 0.00710. The number of carbonyl (C=O) groups is 2. The van der Waals surface area contributed by atoms with Gasteiger partial charge < -0.3 is 10.1 Å². The maximum atomic E-state index is 14.5. The summed E-state index contributed by atoms with van der Waals surface area (Å²) in [5.41, 5.74) is -0.268. The minimum atomic E-state index is -0.564. The molecule has 0 aliphatic heterocycles. The number of nitrogens with zero attached hydrogens (tertiary/aromatic N) is 1. The zero-order chi connectivity index (χ0) is 26.5. The van der Waals surface area contributed by atoms with E-state index in [1.807, 2.05) is 19.9 Å². The highest BCUT2D eigenvalue weighted by atomic mass is 16.1. The fraction of sp³-hybridized carbons (Fsp3) is 0.844. The second-order valence-corrected chi connectivity index (χ2v) is 15.3. The highest BCUT2D eigenvalue weighted by molar-refractivity contribution is 6.02. The molecule has 5 aliphatic rings. The van der Waals surface area contributed by atoms with Crippen molar-refractivity contribution in [3.63, 3.8) is 0 Å². The third-order valence-corrected chi connectivity index (χ3v) is 13.0. The van der Waals surface area contributed by atoms with E-state index in [2.05, 4.69) is 51.7 Å². The van der Waals surface area contributed by atoms with Crippen LogP contribution >= 0.6 is 0 Å². The van der Waals surface area contributed by atoms with E-state index >= 15 is 0 Å². The van der Waals surface area contributed by atoms with Gasteiger partial charge in [0.1, 0.15) is 5.78 Å². The molecule has 2 unspecified atom stereocenters. The van der Waals surface area contributed by atoms with Gasteiger partial charge >= 0.3 is 0 Å². The Bertz CT molecular complexity index is 1060. The number of rotatable bonds is 2. The molecule has 36 heavy (non-hydrogen) atoms. The average Bonchev–Trinajstić information content (AvgIpc) is 2.79. The molecule has 8 atom stereocenters. The Morgan fingerprint density at radius 3 is 2.25 bits per heavy atom. The van der Waals surface area contributed by atoms with Crippen LogP contribution in [-0.2, 0) is 9.59 Å². The van der Waals surface area contributed by atoms with Gasteiger partial charge in [0.2, 0.25) is 5.70 Å². The molecular formula is C32H48N2O2. The van der Waals surface area contributed by atoms with Crippen molar-refractivity contribution in [2.75, 3.05) is 6.54 Å². The van der Waals surface area contributed by atoms with Crippen LogP contribution in [0.2, 0.25) is 0 Å². The summed E-state index contributed by atoms with van der Waals surface area (Å²) in [6.07, 6.45) is 10.4. The quantitative estimate of drug-likeness (QED) is 0.422. The van der Waals surface area contributed by atoms with Crippen LogP contribution in [0.1, 0.15) is 107 Å². The van der Waals surface area contributed by atoms with E-state index < -0.39 is 5.41 Å². The smallest absolute Gasteiger partial charge is 0.226 e. The van der Waals surface area contributed by atoms with Gasteiger partial charge in [-0.25, -0.2) is 4.85 Å². The van der Waals surface area contributed by atoms with E-state index in [9.17, 15) is 9.59 Å². The Kier molecular flexibility index (Phi) is 5.65. The molecule has 4 fully saturated rings. The lowest BCUT2D eigenvalue weighted by atomic mass is 9.32. The largest absolute Gasteiger partial charge is 0.311 e. The maximum absolute atomic E-state index is 14.5. The molecule has 0 radical (unpaired) electrons. The van der Waals surface area contributed by atoms with Crippen molar-refractivity contribution in [2.45, 2.75) is 112 Å². The normalized spacial score (nSPS) is 49.0. The average molecular weight is 493 g/mol. The van der Waals surface area contributed by atoms with Crippen molar-refractivity contribution >= 4 is 11.6 Å². The molecule has 4 nitrogen and oxygen atoms in total. The number of ketones is 2. The predicted octanol–water partition coefficient (Wildman–Crippen LogP) is 7.00. The summed E-state index contributed by atoms with van der Waals surface area (Å²) in [5, 5.41) is 3.94. The highest BCUT2D eigenvalue weighted by Crippen LogP contribution is 2.74. The summed E-state index contributed by atoms with van der Waals surface area (Å²) in [6, 6.07) is 0. The molecule has 0 amide bonds. The molecule has 0 spiro atoms. The fourth-order valence-corrected chi connectivity index (χ4v) is 10.9. The second kappa shape index (κ2) is 7.78. The minimum Gasteiger partial charge on any atom is -0.311 e. The molecule has 4 saturated carbocycles. The molecule has 5 aliphatic carbocycles. The summed E-state index contributed by atoms with van der Waals surface area (Å²) in [4.78, 5) is 31.4. The zero-order valence-electron chi connectivity index (χ0n) is 24.0. The number of carbonyl (C=O) groups excluding carboxylic acids is 2. The van der Waals surface area contributed by atoms with Gasteiger partial charge in [-0.1, -0.05) is 61.5 Å². The number of Topliss-reactive ketones (excluding diaryl/α,β-unsaturated/α-hetero) is 2. The van der Waals surface area contributed by atoms with Crippen LogP contribution in [0.4, 0.5) is 0 Å². The van der Waals surface area contributed by atoms with Crippen molar-refractivity contribution in [3.8, 4) is 0 Å². The lowest BCUT2D eigenvalue weighted by molar-refractivity contribution is -0.215. The molecule has 198 valence electrons. The SMILES string of the molecule is [C-]#[N+]C1=C[C@]2(C)[C@H]3CC(=O)C4C5CC(C)(C)CC[C@]5(NCC)CC[C@@]4(C)[C@]3(C)CC[C@H]2C(C)(C)C1=O. The Hall–Kier alpha value is -1.47. The van der Waals surface area contributed by atoms with Crippen LogP contribution in [0.25, 0.3) is 4.85 Å². The molecule has 0 aromatic heterocycles. The van der Waals surface area contributed by atoms with Crippen LogP contribution in [0.3, 0.4) is 0 Å². The van der Waals surface area contributed by atoms with Crippen LogP contribution < -0.4 is 5.32 Å². The number of nitrogens with one attached hydrogen (secondary N) is 1. The van der Waals surface area contributed by atoms with Gasteiger partial charge in [-0.2, -0.15) is 0 Å². The first-order valence-corrected chi connectivity index (χ1v) is 14.5. The van der Waals surface area contributed by atoms with Gasteiger partial charge in [0.15, 0.2) is 5.78 Å². The van der Waals surface area contributed by atoms with E-state index in [1.165, 1.54) is 12.8 Å². The van der Waals surface area contributed by atoms with E-state index in [0.717, 1.165) is 38.6 Å². The lowest BCUT2D eigenvalue weighted by Crippen LogP contribution is -2.71. The van der Waals surface area contributed by atoms with Crippen molar-refractivity contribution < 1.29 is 9.59 Å². The van der Waals surface area contributed by atoms with Gasteiger partial charge in [0.05, 0.1) is 6.57 Å². The summed E-state index contributed by atoms with van der Waals surface area (Å²) in [7, 11) is 0. The molecule has 0 aromatic rings. The van der Waals surface area contributed by atoms with E-state index in [4.69, 9.17) is 6.57 Å². The maximum Gasteiger partial charge on any atom is 0.226 e. The first-order chi connectivity index (χ1) is 16.6. The van der Waals surface area contributed by atoms with Gasteiger partial charge in [-0.15, -0.1) is 0 Å². The standard InChI is InChI=1S/C32H48N2O2/c1-10-34-32-15-13-27(2,3)18-20(32)25-22(35)17-24-29(6)19-21(33-9)26(36)28(4,5)23(29)11-12-30(24,7)31(25,8)14-16-32/h19-20,23-25,34H,10-18H2,1-8H3/t20?,23-,24+,25?,29-,30+,31+,32-/m0/s1. The van der Waals surface area contributed by atoms with Crippen LogP contribution in [-0.4, -0.2) is 23.7 Å². The predicted molar refractivity (Wildman–Crippen MR) is 144 cm³/mol. The number of fused-ring (bicyclic) bond motifs is 7. The van der Waals surface area contributed by atoms with E-state index in [1.54, 1.807) is 0 Å². The molecule has 5 rings (SSSR count). The summed E-state index contributed by atoms with van der Waals surface area (Å²) < 4.78 is 0. The summed E-state index contributed by atoms with van der Waals surface area (Å²) in [6.45, 7) is 27.1. The van der Waals surface area contributed by atoms with Crippen LogP contribution in [0.5, 0.6) is 0 Å². The Morgan fingerprint density at radius 2 is 1.61 bits per heavy atom. The molecule has 4 heteroatoms. The Labute approximate surface area is 219 Å². The third-order valence-electron chi connectivity index (χ3n) is 13.0. The fourth-order valence-electron chi connectivity index (χ4n) is 10.9.